The number of carbonyl (C=O) groups is 1. The lowest BCUT2D eigenvalue weighted by Gasteiger charge is -2.34. The molecule has 0 unspecified atom stereocenters. The molecule has 1 fully saturated rings. The normalized spacial score (nSPS) is 21.8. The summed E-state index contributed by atoms with van der Waals surface area (Å²) in [7, 11) is 0. The maximum Gasteiger partial charge on any atom is 0.166 e. The van der Waals surface area contributed by atoms with Crippen LogP contribution in [0.1, 0.15) is 43.5 Å². The van der Waals surface area contributed by atoms with Crippen LogP contribution in [0.25, 0.3) is 0 Å². The second-order valence-corrected chi connectivity index (χ2v) is 4.97. The van der Waals surface area contributed by atoms with Gasteiger partial charge in [0.2, 0.25) is 0 Å². The smallest absolute Gasteiger partial charge is 0.166 e. The van der Waals surface area contributed by atoms with E-state index in [0.717, 1.165) is 19.4 Å². The predicted octanol–water partition coefficient (Wildman–Crippen LogP) is 3.47. The van der Waals surface area contributed by atoms with Gasteiger partial charge < -0.3 is 9.47 Å². The van der Waals surface area contributed by atoms with Crippen LogP contribution in [0.3, 0.4) is 0 Å². The first-order valence-electron chi connectivity index (χ1n) is 7.11. The van der Waals surface area contributed by atoms with Gasteiger partial charge >= 0.3 is 0 Å². The molecule has 104 valence electrons. The zero-order valence-electron chi connectivity index (χ0n) is 11.7. The van der Waals surface area contributed by atoms with Gasteiger partial charge in [0.1, 0.15) is 5.75 Å². The van der Waals surface area contributed by atoms with Crippen molar-refractivity contribution >= 4 is 5.78 Å². The molecule has 1 saturated carbocycles. The number of para-hydroxylation sites is 1. The van der Waals surface area contributed by atoms with E-state index in [0.29, 0.717) is 36.4 Å². The Kier molecular flexibility index (Phi) is 4.97. The molecule has 0 spiro atoms. The average molecular weight is 262 g/mol. The van der Waals surface area contributed by atoms with E-state index >= 15 is 0 Å². The summed E-state index contributed by atoms with van der Waals surface area (Å²) in [5.41, 5.74) is 0.712. The molecule has 1 aromatic carbocycles. The van der Waals surface area contributed by atoms with Crippen molar-refractivity contribution in [2.45, 2.75) is 39.2 Å². The van der Waals surface area contributed by atoms with Crippen LogP contribution in [-0.2, 0) is 4.74 Å². The maximum atomic E-state index is 12.3. The van der Waals surface area contributed by atoms with Crippen LogP contribution in [0.5, 0.6) is 5.75 Å². The van der Waals surface area contributed by atoms with Gasteiger partial charge in [-0.1, -0.05) is 12.1 Å². The van der Waals surface area contributed by atoms with E-state index in [9.17, 15) is 4.79 Å². The predicted molar refractivity (Wildman–Crippen MR) is 74.7 cm³/mol. The summed E-state index contributed by atoms with van der Waals surface area (Å²) in [6.07, 6.45) is 2.99. The highest BCUT2D eigenvalue weighted by Crippen LogP contribution is 2.34. The molecule has 0 amide bonds. The molecule has 3 nitrogen and oxygen atoms in total. The lowest BCUT2D eigenvalue weighted by Crippen LogP contribution is -2.32. The molecule has 0 aromatic heterocycles. The minimum atomic E-state index is 0.184. The molecule has 0 saturated heterocycles. The molecule has 1 aliphatic carbocycles. The molecule has 0 atom stereocenters. The van der Waals surface area contributed by atoms with Crippen LogP contribution < -0.4 is 4.74 Å². The summed E-state index contributed by atoms with van der Waals surface area (Å²) < 4.78 is 11.0. The summed E-state index contributed by atoms with van der Waals surface area (Å²) in [6.45, 7) is 5.29. The summed E-state index contributed by atoms with van der Waals surface area (Å²) in [4.78, 5) is 12.3. The quantitative estimate of drug-likeness (QED) is 0.706. The van der Waals surface area contributed by atoms with Crippen molar-refractivity contribution in [1.82, 2.24) is 0 Å². The molecular weight excluding hydrogens is 240 g/mol. The topological polar surface area (TPSA) is 35.5 Å². The molecule has 0 N–H and O–H groups in total. The van der Waals surface area contributed by atoms with E-state index in [1.54, 1.807) is 0 Å². The number of ketones is 1. The molecule has 1 aliphatic rings. The fraction of sp³-hybridized carbons (Fsp3) is 0.562. The molecule has 0 radical (unpaired) electrons. The van der Waals surface area contributed by atoms with Crippen LogP contribution in [0, 0.1) is 5.92 Å². The second kappa shape index (κ2) is 6.71. The van der Waals surface area contributed by atoms with Crippen molar-refractivity contribution in [3.63, 3.8) is 0 Å². The Labute approximate surface area is 114 Å². The van der Waals surface area contributed by atoms with Gasteiger partial charge in [0.25, 0.3) is 0 Å². The third-order valence-corrected chi connectivity index (χ3v) is 3.56. The number of carbonyl (C=O) groups excluding carboxylic acids is 1. The summed E-state index contributed by atoms with van der Waals surface area (Å²) in [5, 5.41) is 0. The summed E-state index contributed by atoms with van der Waals surface area (Å²) >= 11 is 0. The fourth-order valence-corrected chi connectivity index (χ4v) is 2.56. The number of hydrogen-bond acceptors (Lipinski definition) is 3. The van der Waals surface area contributed by atoms with Gasteiger partial charge in [-0.2, -0.15) is 0 Å². The zero-order valence-corrected chi connectivity index (χ0v) is 11.7. The number of Topliss-reactive ketones (excluding diaryl/α,β-unsaturated/α-hetero) is 1. The van der Waals surface area contributed by atoms with E-state index in [1.807, 2.05) is 38.1 Å². The van der Waals surface area contributed by atoms with Crippen molar-refractivity contribution < 1.29 is 14.3 Å². The Bertz CT molecular complexity index is 422. The van der Waals surface area contributed by atoms with E-state index < -0.39 is 0 Å². The van der Waals surface area contributed by atoms with E-state index in [4.69, 9.17) is 9.47 Å². The maximum absolute atomic E-state index is 12.3. The SMILES string of the molecule is CCOc1ccccc1C(=O)CC1CC(OCC)C1. The first-order chi connectivity index (χ1) is 9.24. The molecule has 3 heteroatoms. The number of ether oxygens (including phenoxy) is 2. The lowest BCUT2D eigenvalue weighted by molar-refractivity contribution is -0.0246. The van der Waals surface area contributed by atoms with Crippen LogP contribution in [-0.4, -0.2) is 25.1 Å². The summed E-state index contributed by atoms with van der Waals surface area (Å²) in [5.74, 6) is 1.36. The number of benzene rings is 1. The molecule has 0 aliphatic heterocycles. The van der Waals surface area contributed by atoms with Gasteiger partial charge in [0.05, 0.1) is 18.3 Å². The molecule has 19 heavy (non-hydrogen) atoms. The van der Waals surface area contributed by atoms with Crippen molar-refractivity contribution in [3.8, 4) is 5.75 Å². The van der Waals surface area contributed by atoms with Gasteiger partial charge in [0.15, 0.2) is 5.78 Å². The highest BCUT2D eigenvalue weighted by atomic mass is 16.5. The van der Waals surface area contributed by atoms with Crippen molar-refractivity contribution in [2.24, 2.45) is 5.92 Å². The minimum Gasteiger partial charge on any atom is -0.493 e. The molecule has 0 bridgehead atoms. The van der Waals surface area contributed by atoms with Gasteiger partial charge in [-0.3, -0.25) is 4.79 Å². The zero-order chi connectivity index (χ0) is 13.7. The Morgan fingerprint density at radius 2 is 1.95 bits per heavy atom. The van der Waals surface area contributed by atoms with Crippen molar-refractivity contribution in [3.05, 3.63) is 29.8 Å². The van der Waals surface area contributed by atoms with Crippen LogP contribution in [0.2, 0.25) is 0 Å². The number of rotatable bonds is 7. The number of hydrogen-bond donors (Lipinski definition) is 0. The van der Waals surface area contributed by atoms with Gasteiger partial charge in [-0.05, 0) is 44.7 Å². The van der Waals surface area contributed by atoms with Crippen LogP contribution in [0.4, 0.5) is 0 Å². The Morgan fingerprint density at radius 3 is 2.63 bits per heavy atom. The molecule has 1 aromatic rings. The Morgan fingerprint density at radius 1 is 1.21 bits per heavy atom. The van der Waals surface area contributed by atoms with Crippen molar-refractivity contribution in [1.29, 1.82) is 0 Å². The standard InChI is InChI=1S/C16H22O3/c1-3-18-13-9-12(10-13)11-15(17)14-7-5-6-8-16(14)19-4-2/h5-8,12-13H,3-4,9-11H2,1-2H3. The van der Waals surface area contributed by atoms with E-state index in [1.165, 1.54) is 0 Å². The monoisotopic (exact) mass is 262 g/mol. The van der Waals surface area contributed by atoms with E-state index in [2.05, 4.69) is 0 Å². The first kappa shape index (κ1) is 14.1. The summed E-state index contributed by atoms with van der Waals surface area (Å²) in [6, 6.07) is 7.50. The lowest BCUT2D eigenvalue weighted by atomic mass is 9.78. The fourth-order valence-electron chi connectivity index (χ4n) is 2.56. The highest BCUT2D eigenvalue weighted by Gasteiger charge is 2.31. The Hall–Kier alpha value is -1.35. The van der Waals surface area contributed by atoms with Crippen LogP contribution >= 0.6 is 0 Å². The largest absolute Gasteiger partial charge is 0.493 e. The van der Waals surface area contributed by atoms with E-state index in [-0.39, 0.29) is 5.78 Å². The third-order valence-electron chi connectivity index (χ3n) is 3.56. The van der Waals surface area contributed by atoms with Gasteiger partial charge in [-0.15, -0.1) is 0 Å². The minimum absolute atomic E-state index is 0.184. The first-order valence-corrected chi connectivity index (χ1v) is 7.11. The molecular formula is C16H22O3. The van der Waals surface area contributed by atoms with Crippen molar-refractivity contribution in [2.75, 3.05) is 13.2 Å². The van der Waals surface area contributed by atoms with Crippen LogP contribution in [0.15, 0.2) is 24.3 Å². The van der Waals surface area contributed by atoms with Gasteiger partial charge in [-0.25, -0.2) is 0 Å². The molecule has 2 rings (SSSR count). The Balaban J connectivity index is 1.90. The average Bonchev–Trinajstić information content (AvgIpc) is 2.37. The third kappa shape index (κ3) is 3.57. The molecule has 0 heterocycles. The highest BCUT2D eigenvalue weighted by molar-refractivity contribution is 5.98. The second-order valence-electron chi connectivity index (χ2n) is 4.97. The van der Waals surface area contributed by atoms with Gasteiger partial charge in [0, 0.05) is 13.0 Å².